The van der Waals surface area contributed by atoms with Crippen molar-refractivity contribution in [3.05, 3.63) is 83.3 Å². The van der Waals surface area contributed by atoms with Gasteiger partial charge in [-0.1, -0.05) is 24.3 Å². The Bertz CT molecular complexity index is 953. The van der Waals surface area contributed by atoms with Crippen molar-refractivity contribution in [2.45, 2.75) is 19.8 Å². The molecule has 5 heteroatoms. The topological polar surface area (TPSA) is 58.1 Å². The Balaban J connectivity index is 1.48. The first-order valence-corrected chi connectivity index (χ1v) is 9.22. The maximum absolute atomic E-state index is 13.1. The molecule has 0 spiro atoms. The molecule has 1 aromatic carbocycles. The number of carbonyl (C=O) groups excluding carboxylic acids is 1. The summed E-state index contributed by atoms with van der Waals surface area (Å²) in [5.41, 5.74) is 5.00. The first kappa shape index (κ1) is 17.2. The predicted octanol–water partition coefficient (Wildman–Crippen LogP) is 3.64. The Kier molecular flexibility index (Phi) is 4.83. The van der Waals surface area contributed by atoms with Crippen LogP contribution >= 0.6 is 0 Å². The van der Waals surface area contributed by atoms with E-state index in [1.807, 2.05) is 54.4 Å². The van der Waals surface area contributed by atoms with Crippen molar-refractivity contribution in [2.24, 2.45) is 0 Å². The lowest BCUT2D eigenvalue weighted by molar-refractivity contribution is 0.0990. The number of para-hydroxylation sites is 1. The lowest BCUT2D eigenvalue weighted by Crippen LogP contribution is -2.30. The molecule has 0 saturated heterocycles. The van der Waals surface area contributed by atoms with Crippen LogP contribution in [0.25, 0.3) is 0 Å². The third kappa shape index (κ3) is 3.67. The van der Waals surface area contributed by atoms with Gasteiger partial charge in [-0.15, -0.1) is 0 Å². The number of aromatic nitrogens is 2. The molecule has 136 valence electrons. The van der Waals surface area contributed by atoms with Crippen LogP contribution in [0.2, 0.25) is 0 Å². The van der Waals surface area contributed by atoms with Crippen molar-refractivity contribution in [2.75, 3.05) is 23.3 Å². The van der Waals surface area contributed by atoms with E-state index in [-0.39, 0.29) is 5.91 Å². The van der Waals surface area contributed by atoms with Crippen molar-refractivity contribution < 1.29 is 4.79 Å². The molecule has 3 heterocycles. The summed E-state index contributed by atoms with van der Waals surface area (Å²) in [6.07, 6.45) is 5.32. The van der Waals surface area contributed by atoms with E-state index in [2.05, 4.69) is 27.4 Å². The smallest absolute Gasteiger partial charge is 0.262 e. The summed E-state index contributed by atoms with van der Waals surface area (Å²) >= 11 is 0. The number of rotatable bonds is 5. The van der Waals surface area contributed by atoms with E-state index in [0.717, 1.165) is 29.8 Å². The number of pyridine rings is 2. The first-order chi connectivity index (χ1) is 13.2. The third-order valence-corrected chi connectivity index (χ3v) is 4.85. The van der Waals surface area contributed by atoms with Crippen LogP contribution in [0.4, 0.5) is 11.5 Å². The SMILES string of the molecule is Cc1ccc(CCNc2ncccc2C(=O)N2CCc3ccccc32)cn1. The monoisotopic (exact) mass is 358 g/mol. The largest absolute Gasteiger partial charge is 0.369 e. The Hall–Kier alpha value is -3.21. The van der Waals surface area contributed by atoms with Crippen LogP contribution in [-0.4, -0.2) is 29.0 Å². The number of anilines is 2. The van der Waals surface area contributed by atoms with E-state index >= 15 is 0 Å². The van der Waals surface area contributed by atoms with Gasteiger partial charge in [-0.2, -0.15) is 0 Å². The Morgan fingerprint density at radius 3 is 2.85 bits per heavy atom. The summed E-state index contributed by atoms with van der Waals surface area (Å²) in [7, 11) is 0. The number of nitrogens with zero attached hydrogens (tertiary/aromatic N) is 3. The summed E-state index contributed by atoms with van der Waals surface area (Å²) in [5.74, 6) is 0.625. The summed E-state index contributed by atoms with van der Waals surface area (Å²) in [6.45, 7) is 3.38. The minimum atomic E-state index is -0.00690. The minimum absolute atomic E-state index is 0.00690. The fourth-order valence-corrected chi connectivity index (χ4v) is 3.38. The van der Waals surface area contributed by atoms with Gasteiger partial charge in [0.2, 0.25) is 0 Å². The second-order valence-corrected chi connectivity index (χ2v) is 6.72. The zero-order valence-electron chi connectivity index (χ0n) is 15.4. The normalized spacial score (nSPS) is 12.7. The third-order valence-electron chi connectivity index (χ3n) is 4.85. The highest BCUT2D eigenvalue weighted by Gasteiger charge is 2.26. The van der Waals surface area contributed by atoms with Gasteiger partial charge in [-0.25, -0.2) is 4.98 Å². The molecule has 2 aromatic heterocycles. The number of nitrogens with one attached hydrogen (secondary N) is 1. The molecule has 4 rings (SSSR count). The van der Waals surface area contributed by atoms with E-state index in [9.17, 15) is 4.79 Å². The average Bonchev–Trinajstić information content (AvgIpc) is 3.13. The van der Waals surface area contributed by atoms with Gasteiger partial charge in [-0.05, 0) is 55.2 Å². The van der Waals surface area contributed by atoms with Crippen molar-refractivity contribution in [3.8, 4) is 0 Å². The number of carbonyl (C=O) groups is 1. The van der Waals surface area contributed by atoms with E-state index < -0.39 is 0 Å². The van der Waals surface area contributed by atoms with Gasteiger partial charge < -0.3 is 10.2 Å². The van der Waals surface area contributed by atoms with Gasteiger partial charge in [0.15, 0.2) is 0 Å². The van der Waals surface area contributed by atoms with E-state index in [0.29, 0.717) is 24.5 Å². The maximum Gasteiger partial charge on any atom is 0.262 e. The molecular formula is C22H22N4O. The van der Waals surface area contributed by atoms with E-state index in [4.69, 9.17) is 0 Å². The zero-order valence-corrected chi connectivity index (χ0v) is 15.4. The molecule has 1 amide bonds. The Morgan fingerprint density at radius 1 is 1.11 bits per heavy atom. The van der Waals surface area contributed by atoms with E-state index in [1.165, 1.54) is 5.56 Å². The highest BCUT2D eigenvalue weighted by molar-refractivity contribution is 6.10. The number of fused-ring (bicyclic) bond motifs is 1. The Labute approximate surface area is 159 Å². The summed E-state index contributed by atoms with van der Waals surface area (Å²) in [4.78, 5) is 23.7. The number of hydrogen-bond acceptors (Lipinski definition) is 4. The van der Waals surface area contributed by atoms with Gasteiger partial charge in [0.05, 0.1) is 5.56 Å². The lowest BCUT2D eigenvalue weighted by atomic mass is 10.1. The van der Waals surface area contributed by atoms with Crippen molar-refractivity contribution in [1.29, 1.82) is 0 Å². The van der Waals surface area contributed by atoms with Gasteiger partial charge >= 0.3 is 0 Å². The fourth-order valence-electron chi connectivity index (χ4n) is 3.38. The van der Waals surface area contributed by atoms with Gasteiger partial charge in [0.25, 0.3) is 5.91 Å². The molecule has 1 aliphatic heterocycles. The molecule has 0 radical (unpaired) electrons. The van der Waals surface area contributed by atoms with Crippen LogP contribution in [0.3, 0.4) is 0 Å². The molecule has 0 saturated carbocycles. The van der Waals surface area contributed by atoms with Crippen LogP contribution in [0.15, 0.2) is 60.9 Å². The second kappa shape index (κ2) is 7.58. The maximum atomic E-state index is 13.1. The molecule has 0 bridgehead atoms. The lowest BCUT2D eigenvalue weighted by Gasteiger charge is -2.19. The standard InChI is InChI=1S/C22H22N4O/c1-16-8-9-17(15-25-16)10-13-24-21-19(6-4-12-23-21)22(27)26-14-11-18-5-2-3-7-20(18)26/h2-9,12,15H,10-11,13-14H2,1H3,(H,23,24). The number of benzene rings is 1. The molecular weight excluding hydrogens is 336 g/mol. The van der Waals surface area contributed by atoms with Crippen molar-refractivity contribution in [3.63, 3.8) is 0 Å². The predicted molar refractivity (Wildman–Crippen MR) is 107 cm³/mol. The fraction of sp³-hybridized carbons (Fsp3) is 0.227. The summed E-state index contributed by atoms with van der Waals surface area (Å²) < 4.78 is 0. The molecule has 0 atom stereocenters. The summed E-state index contributed by atoms with van der Waals surface area (Å²) in [5, 5.41) is 3.32. The molecule has 0 fully saturated rings. The zero-order chi connectivity index (χ0) is 18.6. The second-order valence-electron chi connectivity index (χ2n) is 6.72. The van der Waals surface area contributed by atoms with Crippen LogP contribution in [-0.2, 0) is 12.8 Å². The molecule has 3 aromatic rings. The van der Waals surface area contributed by atoms with E-state index in [1.54, 1.807) is 6.20 Å². The van der Waals surface area contributed by atoms with Gasteiger partial charge in [0.1, 0.15) is 5.82 Å². The van der Waals surface area contributed by atoms with Crippen molar-refractivity contribution >= 4 is 17.4 Å². The van der Waals surface area contributed by atoms with Crippen LogP contribution in [0.1, 0.15) is 27.2 Å². The molecule has 1 aliphatic rings. The highest BCUT2D eigenvalue weighted by Crippen LogP contribution is 2.29. The average molecular weight is 358 g/mol. The first-order valence-electron chi connectivity index (χ1n) is 9.22. The number of aryl methyl sites for hydroxylation is 1. The van der Waals surface area contributed by atoms with Gasteiger partial charge in [-0.3, -0.25) is 9.78 Å². The molecule has 0 unspecified atom stereocenters. The molecule has 5 nitrogen and oxygen atoms in total. The van der Waals surface area contributed by atoms with Crippen molar-refractivity contribution in [1.82, 2.24) is 9.97 Å². The van der Waals surface area contributed by atoms with Crippen LogP contribution in [0.5, 0.6) is 0 Å². The Morgan fingerprint density at radius 2 is 2.00 bits per heavy atom. The highest BCUT2D eigenvalue weighted by atomic mass is 16.2. The minimum Gasteiger partial charge on any atom is -0.369 e. The molecule has 1 N–H and O–H groups in total. The van der Waals surface area contributed by atoms with Gasteiger partial charge in [0, 0.05) is 36.9 Å². The van der Waals surface area contributed by atoms with Crippen LogP contribution < -0.4 is 10.2 Å². The summed E-state index contributed by atoms with van der Waals surface area (Å²) in [6, 6.07) is 15.8. The number of hydrogen-bond donors (Lipinski definition) is 1. The molecule has 27 heavy (non-hydrogen) atoms. The van der Waals surface area contributed by atoms with Crippen LogP contribution in [0, 0.1) is 6.92 Å². The number of amides is 1. The molecule has 0 aliphatic carbocycles. The quantitative estimate of drug-likeness (QED) is 0.756.